The fraction of sp³-hybridized carbons (Fsp3) is 0.407. The molecule has 4 rings (SSSR count). The molecule has 0 spiro atoms. The first-order chi connectivity index (χ1) is 15.5. The van der Waals surface area contributed by atoms with Gasteiger partial charge in [-0.05, 0) is 50.4 Å². The molecule has 1 N–H and O–H groups in total. The second-order valence-corrected chi connectivity index (χ2v) is 8.81. The number of hydrogen-bond acceptors (Lipinski definition) is 5. The van der Waals surface area contributed by atoms with Gasteiger partial charge >= 0.3 is 5.63 Å². The van der Waals surface area contributed by atoms with Crippen LogP contribution >= 0.6 is 0 Å². The number of para-hydroxylation sites is 1. The molecule has 1 aromatic heterocycles. The average Bonchev–Trinajstić information content (AvgIpc) is 2.81. The van der Waals surface area contributed by atoms with Gasteiger partial charge in [-0.2, -0.15) is 0 Å². The van der Waals surface area contributed by atoms with Crippen LogP contribution in [0.2, 0.25) is 0 Å². The summed E-state index contributed by atoms with van der Waals surface area (Å²) >= 11 is 0. The number of ketones is 1. The first kappa shape index (κ1) is 22.3. The number of aromatic hydroxyl groups is 1. The Balaban J connectivity index is 1.86. The molecule has 32 heavy (non-hydrogen) atoms. The van der Waals surface area contributed by atoms with Crippen molar-refractivity contribution in [1.82, 2.24) is 4.90 Å². The van der Waals surface area contributed by atoms with Gasteiger partial charge in [0.15, 0.2) is 0 Å². The van der Waals surface area contributed by atoms with E-state index in [1.54, 1.807) is 31.2 Å². The summed E-state index contributed by atoms with van der Waals surface area (Å²) in [5.41, 5.74) is 0.745. The van der Waals surface area contributed by atoms with Crippen LogP contribution < -0.4 is 5.63 Å². The Morgan fingerprint density at radius 3 is 2.56 bits per heavy atom. The van der Waals surface area contributed by atoms with E-state index >= 15 is 0 Å². The van der Waals surface area contributed by atoms with E-state index in [1.165, 1.54) is 6.42 Å². The third kappa shape index (κ3) is 4.35. The number of likely N-dealkylation sites (tertiary alicyclic amines) is 1. The molecule has 0 amide bonds. The van der Waals surface area contributed by atoms with Crippen molar-refractivity contribution in [3.05, 3.63) is 76.1 Å². The summed E-state index contributed by atoms with van der Waals surface area (Å²) < 4.78 is 5.60. The molecule has 1 saturated heterocycles. The maximum Gasteiger partial charge on any atom is 0.343 e. The maximum atomic E-state index is 13.2. The highest BCUT2D eigenvalue weighted by Crippen LogP contribution is 2.39. The Hall–Kier alpha value is -2.92. The summed E-state index contributed by atoms with van der Waals surface area (Å²) in [5, 5.41) is 11.7. The van der Waals surface area contributed by atoms with Gasteiger partial charge in [0.1, 0.15) is 17.1 Å². The van der Waals surface area contributed by atoms with Gasteiger partial charge in [0.2, 0.25) is 0 Å². The lowest BCUT2D eigenvalue weighted by atomic mass is 9.78. The molecule has 3 aromatic rings. The summed E-state index contributed by atoms with van der Waals surface area (Å²) in [4.78, 5) is 28.6. The lowest BCUT2D eigenvalue weighted by Crippen LogP contribution is -2.45. The van der Waals surface area contributed by atoms with Gasteiger partial charge < -0.3 is 9.52 Å². The monoisotopic (exact) mass is 433 g/mol. The second kappa shape index (κ2) is 9.70. The van der Waals surface area contributed by atoms with Crippen molar-refractivity contribution in [2.75, 3.05) is 13.1 Å². The molecule has 0 saturated carbocycles. The topological polar surface area (TPSA) is 70.8 Å². The number of carbonyl (C=O) groups excluding carboxylic acids is 1. The zero-order valence-corrected chi connectivity index (χ0v) is 18.8. The zero-order valence-electron chi connectivity index (χ0n) is 18.8. The molecule has 0 radical (unpaired) electrons. The van der Waals surface area contributed by atoms with Gasteiger partial charge in [-0.3, -0.25) is 9.69 Å². The molecule has 1 aliphatic heterocycles. The van der Waals surface area contributed by atoms with Crippen LogP contribution in [0.4, 0.5) is 0 Å². The van der Waals surface area contributed by atoms with Crippen LogP contribution in [-0.4, -0.2) is 34.9 Å². The molecular weight excluding hydrogens is 402 g/mol. The average molecular weight is 434 g/mol. The van der Waals surface area contributed by atoms with E-state index in [-0.39, 0.29) is 17.1 Å². The predicted molar refractivity (Wildman–Crippen MR) is 126 cm³/mol. The van der Waals surface area contributed by atoms with Crippen LogP contribution in [-0.2, 0) is 4.79 Å². The van der Waals surface area contributed by atoms with E-state index < -0.39 is 17.5 Å². The third-order valence-corrected chi connectivity index (χ3v) is 6.87. The van der Waals surface area contributed by atoms with Crippen LogP contribution in [0.3, 0.4) is 0 Å². The van der Waals surface area contributed by atoms with E-state index in [0.717, 1.165) is 31.4 Å². The van der Waals surface area contributed by atoms with Crippen LogP contribution in [0.15, 0.2) is 63.8 Å². The molecule has 1 aliphatic rings. The van der Waals surface area contributed by atoms with E-state index in [9.17, 15) is 14.7 Å². The van der Waals surface area contributed by atoms with Crippen LogP contribution in [0.1, 0.15) is 56.6 Å². The molecule has 1 fully saturated rings. The Bertz CT molecular complexity index is 1140. The van der Waals surface area contributed by atoms with E-state index in [1.807, 2.05) is 30.3 Å². The highest BCUT2D eigenvalue weighted by atomic mass is 16.4. The fourth-order valence-corrected chi connectivity index (χ4v) is 5.17. The van der Waals surface area contributed by atoms with Crippen molar-refractivity contribution in [1.29, 1.82) is 0 Å². The van der Waals surface area contributed by atoms with Crippen molar-refractivity contribution in [2.45, 2.75) is 51.5 Å². The van der Waals surface area contributed by atoms with E-state index in [2.05, 4.69) is 11.8 Å². The molecule has 2 aromatic carbocycles. The summed E-state index contributed by atoms with van der Waals surface area (Å²) in [6.45, 7) is 5.27. The highest BCUT2D eigenvalue weighted by molar-refractivity contribution is 5.86. The smallest absolute Gasteiger partial charge is 0.343 e. The fourth-order valence-electron chi connectivity index (χ4n) is 5.17. The maximum absolute atomic E-state index is 13.2. The molecular formula is C27H31NO4. The molecule has 0 bridgehead atoms. The van der Waals surface area contributed by atoms with Gasteiger partial charge in [0.05, 0.1) is 10.9 Å². The van der Waals surface area contributed by atoms with Gasteiger partial charge in [-0.1, -0.05) is 55.8 Å². The van der Waals surface area contributed by atoms with Gasteiger partial charge in [0.25, 0.3) is 0 Å². The number of benzene rings is 2. The number of nitrogens with zero attached hydrogens (tertiary/aromatic N) is 1. The Morgan fingerprint density at radius 2 is 1.84 bits per heavy atom. The van der Waals surface area contributed by atoms with Crippen molar-refractivity contribution >= 4 is 16.8 Å². The Morgan fingerprint density at radius 1 is 1.12 bits per heavy atom. The quantitative estimate of drug-likeness (QED) is 0.525. The number of rotatable bonds is 7. The molecule has 3 atom stereocenters. The minimum Gasteiger partial charge on any atom is -0.507 e. The predicted octanol–water partition coefficient (Wildman–Crippen LogP) is 5.10. The number of piperidine rings is 1. The summed E-state index contributed by atoms with van der Waals surface area (Å²) in [7, 11) is 0. The minimum atomic E-state index is -0.591. The van der Waals surface area contributed by atoms with Crippen molar-refractivity contribution in [2.24, 2.45) is 5.92 Å². The summed E-state index contributed by atoms with van der Waals surface area (Å²) in [6, 6.07) is 16.9. The van der Waals surface area contributed by atoms with Crippen LogP contribution in [0, 0.1) is 5.92 Å². The SMILES string of the molecule is CC[C@H]1CCCCN1C[C@H](C(C)=O)[C@@H](c1ccccc1)c1c(O)c2ccccc2oc1=O. The lowest BCUT2D eigenvalue weighted by molar-refractivity contribution is -0.122. The third-order valence-electron chi connectivity index (χ3n) is 6.87. The number of hydrogen-bond donors (Lipinski definition) is 1. The van der Waals surface area contributed by atoms with Crippen molar-refractivity contribution < 1.29 is 14.3 Å². The van der Waals surface area contributed by atoms with Crippen molar-refractivity contribution in [3.63, 3.8) is 0 Å². The van der Waals surface area contributed by atoms with Gasteiger partial charge in [0, 0.05) is 24.4 Å². The number of carbonyl (C=O) groups is 1. The normalized spacial score (nSPS) is 19.0. The Kier molecular flexibility index (Phi) is 6.75. The highest BCUT2D eigenvalue weighted by Gasteiger charge is 2.36. The lowest BCUT2D eigenvalue weighted by Gasteiger charge is -2.39. The van der Waals surface area contributed by atoms with Gasteiger partial charge in [-0.15, -0.1) is 0 Å². The number of fused-ring (bicyclic) bond motifs is 1. The molecule has 0 aliphatic carbocycles. The van der Waals surface area contributed by atoms with E-state index in [0.29, 0.717) is 23.6 Å². The van der Waals surface area contributed by atoms with Gasteiger partial charge in [-0.25, -0.2) is 4.79 Å². The summed E-state index contributed by atoms with van der Waals surface area (Å²) in [5.74, 6) is -1.15. The summed E-state index contributed by atoms with van der Waals surface area (Å²) in [6.07, 6.45) is 4.47. The molecule has 2 heterocycles. The minimum absolute atomic E-state index is 0.00578. The first-order valence-electron chi connectivity index (χ1n) is 11.6. The Labute approximate surface area is 188 Å². The molecule has 5 nitrogen and oxygen atoms in total. The largest absolute Gasteiger partial charge is 0.507 e. The number of Topliss-reactive ketones (excluding diaryl/α,β-unsaturated/α-hetero) is 1. The van der Waals surface area contributed by atoms with Crippen molar-refractivity contribution in [3.8, 4) is 5.75 Å². The molecule has 168 valence electrons. The van der Waals surface area contributed by atoms with E-state index in [4.69, 9.17) is 4.42 Å². The molecule has 5 heteroatoms. The second-order valence-electron chi connectivity index (χ2n) is 8.81. The van der Waals surface area contributed by atoms with Crippen LogP contribution in [0.5, 0.6) is 5.75 Å². The molecule has 0 unspecified atom stereocenters. The zero-order chi connectivity index (χ0) is 22.7. The first-order valence-corrected chi connectivity index (χ1v) is 11.6. The van der Waals surface area contributed by atoms with Crippen LogP contribution in [0.25, 0.3) is 11.0 Å². The standard InChI is InChI=1S/C27H31NO4/c1-3-20-13-9-10-16-28(20)17-22(18(2)29)24(19-11-5-4-6-12-19)25-26(30)21-14-7-8-15-23(21)32-27(25)31/h4-8,11-12,14-15,20,22,24,30H,3,9-10,13,16-17H2,1-2H3/t20-,22+,24+/m0/s1.